The van der Waals surface area contributed by atoms with Crippen LogP contribution in [-0.2, 0) is 22.8 Å². The van der Waals surface area contributed by atoms with Gasteiger partial charge in [0, 0.05) is 25.3 Å². The van der Waals surface area contributed by atoms with Gasteiger partial charge in [0.1, 0.15) is 11.5 Å². The fourth-order valence-electron chi connectivity index (χ4n) is 2.96. The predicted octanol–water partition coefficient (Wildman–Crippen LogP) is 2.10. The largest absolute Gasteiger partial charge is 0.370 e. The van der Waals surface area contributed by atoms with Crippen LogP contribution in [0.25, 0.3) is 0 Å². The first kappa shape index (κ1) is 17.3. The zero-order valence-corrected chi connectivity index (χ0v) is 14.8. The molecule has 2 heterocycles. The lowest BCUT2D eigenvalue weighted by molar-refractivity contribution is -0.384. The summed E-state index contributed by atoms with van der Waals surface area (Å²) in [6, 6.07) is 3.54. The molecule has 0 bridgehead atoms. The maximum atomic E-state index is 11.6. The number of anilines is 1. The molecule has 0 saturated carbocycles. The number of nitro benzene ring substituents is 1. The van der Waals surface area contributed by atoms with E-state index in [4.69, 9.17) is 0 Å². The third-order valence-electron chi connectivity index (χ3n) is 4.24. The van der Waals surface area contributed by atoms with Gasteiger partial charge in [-0.15, -0.1) is 10.2 Å². The molecular formula is C15H19N5O4S. The summed E-state index contributed by atoms with van der Waals surface area (Å²) in [5.74, 6) is 1.65. The standard InChI is InChI=1S/C15H19N5O4S/c1-10(15-18-17-14-5-3-4-8-19(14)15)16-12-7-6-11(25(2,23)24)9-13(12)20(21)22/h6-7,9-10,16H,3-5,8H2,1-2H3. The summed E-state index contributed by atoms with van der Waals surface area (Å²) in [6.07, 6.45) is 4.03. The number of hydrogen-bond acceptors (Lipinski definition) is 7. The maximum Gasteiger partial charge on any atom is 0.293 e. The molecule has 9 nitrogen and oxygen atoms in total. The van der Waals surface area contributed by atoms with Crippen LogP contribution in [0, 0.1) is 10.1 Å². The molecule has 1 aromatic heterocycles. The highest BCUT2D eigenvalue weighted by Gasteiger charge is 2.24. The second kappa shape index (κ2) is 6.43. The molecule has 0 fully saturated rings. The number of sulfone groups is 1. The Balaban J connectivity index is 1.92. The molecule has 0 spiro atoms. The number of aryl methyl sites for hydroxylation is 1. The first-order valence-electron chi connectivity index (χ1n) is 7.94. The van der Waals surface area contributed by atoms with Gasteiger partial charge in [0.05, 0.1) is 15.9 Å². The summed E-state index contributed by atoms with van der Waals surface area (Å²) in [5.41, 5.74) is -0.0359. The Morgan fingerprint density at radius 3 is 2.76 bits per heavy atom. The van der Waals surface area contributed by atoms with Crippen molar-refractivity contribution in [2.45, 2.75) is 43.7 Å². The van der Waals surface area contributed by atoms with Crippen molar-refractivity contribution >= 4 is 21.2 Å². The van der Waals surface area contributed by atoms with Gasteiger partial charge in [0.2, 0.25) is 0 Å². The molecule has 134 valence electrons. The fraction of sp³-hybridized carbons (Fsp3) is 0.467. The SMILES string of the molecule is CC(Nc1ccc(S(C)(=O)=O)cc1[N+](=O)[O-])c1nnc2n1CCCC2. The number of benzene rings is 1. The Hall–Kier alpha value is -2.49. The topological polar surface area (TPSA) is 120 Å². The lowest BCUT2D eigenvalue weighted by atomic mass is 10.1. The zero-order valence-electron chi connectivity index (χ0n) is 14.0. The van der Waals surface area contributed by atoms with Crippen LogP contribution >= 0.6 is 0 Å². The van der Waals surface area contributed by atoms with Gasteiger partial charge in [0.25, 0.3) is 5.69 Å². The van der Waals surface area contributed by atoms with Gasteiger partial charge in [-0.25, -0.2) is 8.42 Å². The highest BCUT2D eigenvalue weighted by molar-refractivity contribution is 7.90. The first-order chi connectivity index (χ1) is 11.8. The van der Waals surface area contributed by atoms with Crippen molar-refractivity contribution in [1.29, 1.82) is 0 Å². The monoisotopic (exact) mass is 365 g/mol. The Labute approximate surface area is 145 Å². The molecule has 1 unspecified atom stereocenters. The lowest BCUT2D eigenvalue weighted by Gasteiger charge is -2.19. The minimum atomic E-state index is -3.52. The van der Waals surface area contributed by atoms with Crippen LogP contribution < -0.4 is 5.32 Å². The molecule has 1 aliphatic heterocycles. The van der Waals surface area contributed by atoms with Gasteiger partial charge >= 0.3 is 0 Å². The van der Waals surface area contributed by atoms with Gasteiger partial charge in [-0.2, -0.15) is 0 Å². The van der Waals surface area contributed by atoms with Gasteiger partial charge in [-0.3, -0.25) is 10.1 Å². The highest BCUT2D eigenvalue weighted by atomic mass is 32.2. The lowest BCUT2D eigenvalue weighted by Crippen LogP contribution is -2.18. The average Bonchev–Trinajstić information content (AvgIpc) is 2.98. The van der Waals surface area contributed by atoms with E-state index in [2.05, 4.69) is 15.5 Å². The summed E-state index contributed by atoms with van der Waals surface area (Å²) in [7, 11) is -3.52. The quantitative estimate of drug-likeness (QED) is 0.636. The van der Waals surface area contributed by atoms with Crippen LogP contribution in [0.15, 0.2) is 23.1 Å². The fourth-order valence-corrected chi connectivity index (χ4v) is 3.61. The summed E-state index contributed by atoms with van der Waals surface area (Å²) < 4.78 is 25.3. The Morgan fingerprint density at radius 2 is 2.08 bits per heavy atom. The smallest absolute Gasteiger partial charge is 0.293 e. The van der Waals surface area contributed by atoms with Crippen LogP contribution in [0.1, 0.15) is 37.5 Å². The van der Waals surface area contributed by atoms with E-state index in [-0.39, 0.29) is 22.3 Å². The van der Waals surface area contributed by atoms with Crippen molar-refractivity contribution in [2.75, 3.05) is 11.6 Å². The van der Waals surface area contributed by atoms with Gasteiger partial charge < -0.3 is 9.88 Å². The Bertz CT molecular complexity index is 922. The van der Waals surface area contributed by atoms with Crippen molar-refractivity contribution < 1.29 is 13.3 Å². The molecule has 25 heavy (non-hydrogen) atoms. The maximum absolute atomic E-state index is 11.6. The van der Waals surface area contributed by atoms with Crippen LogP contribution in [0.5, 0.6) is 0 Å². The van der Waals surface area contributed by atoms with Crippen LogP contribution in [0.2, 0.25) is 0 Å². The van der Waals surface area contributed by atoms with E-state index in [9.17, 15) is 18.5 Å². The number of fused-ring (bicyclic) bond motifs is 1. The molecule has 1 aliphatic rings. The molecule has 10 heteroatoms. The summed E-state index contributed by atoms with van der Waals surface area (Å²) >= 11 is 0. The molecule has 0 saturated heterocycles. The molecule has 0 radical (unpaired) electrons. The third-order valence-corrected chi connectivity index (χ3v) is 5.35. The molecule has 1 atom stereocenters. The molecule has 3 rings (SSSR count). The molecule has 1 N–H and O–H groups in total. The Morgan fingerprint density at radius 1 is 1.32 bits per heavy atom. The van der Waals surface area contributed by atoms with E-state index >= 15 is 0 Å². The average molecular weight is 365 g/mol. The zero-order chi connectivity index (χ0) is 18.2. The minimum Gasteiger partial charge on any atom is -0.370 e. The van der Waals surface area contributed by atoms with Gasteiger partial charge in [-0.1, -0.05) is 0 Å². The minimum absolute atomic E-state index is 0.0859. The number of nitrogens with zero attached hydrogens (tertiary/aromatic N) is 4. The van der Waals surface area contributed by atoms with Crippen molar-refractivity contribution in [3.05, 3.63) is 40.0 Å². The second-order valence-electron chi connectivity index (χ2n) is 6.16. The normalized spacial score (nSPS) is 15.4. The van der Waals surface area contributed by atoms with Crippen molar-refractivity contribution in [3.8, 4) is 0 Å². The highest BCUT2D eigenvalue weighted by Crippen LogP contribution is 2.31. The summed E-state index contributed by atoms with van der Waals surface area (Å²) in [6.45, 7) is 2.68. The molecular weight excluding hydrogens is 346 g/mol. The van der Waals surface area contributed by atoms with Crippen molar-refractivity contribution in [2.24, 2.45) is 0 Å². The number of rotatable bonds is 5. The Kier molecular flexibility index (Phi) is 4.46. The van der Waals surface area contributed by atoms with E-state index < -0.39 is 14.8 Å². The first-order valence-corrected chi connectivity index (χ1v) is 9.83. The summed E-state index contributed by atoms with van der Waals surface area (Å²) in [4.78, 5) is 10.7. The van der Waals surface area contributed by atoms with Crippen molar-refractivity contribution in [1.82, 2.24) is 14.8 Å². The molecule has 2 aromatic rings. The molecule has 0 aliphatic carbocycles. The van der Waals surface area contributed by atoms with Crippen molar-refractivity contribution in [3.63, 3.8) is 0 Å². The van der Waals surface area contributed by atoms with Gasteiger partial charge in [-0.05, 0) is 31.9 Å². The number of aromatic nitrogens is 3. The van der Waals surface area contributed by atoms with E-state index in [0.29, 0.717) is 0 Å². The number of hydrogen-bond donors (Lipinski definition) is 1. The van der Waals surface area contributed by atoms with E-state index in [1.807, 2.05) is 11.5 Å². The number of nitro groups is 1. The van der Waals surface area contributed by atoms with E-state index in [0.717, 1.165) is 49.8 Å². The predicted molar refractivity (Wildman–Crippen MR) is 91.2 cm³/mol. The van der Waals surface area contributed by atoms with E-state index in [1.165, 1.54) is 12.1 Å². The number of nitrogens with one attached hydrogen (secondary N) is 1. The van der Waals surface area contributed by atoms with Crippen LogP contribution in [0.3, 0.4) is 0 Å². The molecule has 0 amide bonds. The van der Waals surface area contributed by atoms with Crippen LogP contribution in [0.4, 0.5) is 11.4 Å². The van der Waals surface area contributed by atoms with Gasteiger partial charge in [0.15, 0.2) is 15.7 Å². The second-order valence-corrected chi connectivity index (χ2v) is 8.17. The van der Waals surface area contributed by atoms with Crippen LogP contribution in [-0.4, -0.2) is 34.4 Å². The summed E-state index contributed by atoms with van der Waals surface area (Å²) in [5, 5.41) is 22.8. The van der Waals surface area contributed by atoms with E-state index in [1.54, 1.807) is 0 Å². The molecule has 1 aromatic carbocycles. The third kappa shape index (κ3) is 3.48.